The molecule has 0 bridgehead atoms. The van der Waals surface area contributed by atoms with Gasteiger partial charge in [-0.05, 0) is 52.9 Å². The van der Waals surface area contributed by atoms with Crippen LogP contribution in [0, 0.1) is 0 Å². The van der Waals surface area contributed by atoms with Crippen LogP contribution in [0.1, 0.15) is 17.0 Å². The summed E-state index contributed by atoms with van der Waals surface area (Å²) in [6, 6.07) is 16.6. The Hall–Kier alpha value is -2.59. The average molecular weight is 324 g/mol. The first kappa shape index (κ1) is 15.3. The van der Waals surface area contributed by atoms with E-state index in [4.69, 9.17) is 4.74 Å². The van der Waals surface area contributed by atoms with Crippen LogP contribution < -0.4 is 4.74 Å². The van der Waals surface area contributed by atoms with Gasteiger partial charge < -0.3 is 14.6 Å². The molecule has 3 aromatic rings. The molecule has 2 aromatic carbocycles. The van der Waals surface area contributed by atoms with E-state index >= 15 is 0 Å². The van der Waals surface area contributed by atoms with Gasteiger partial charge >= 0.3 is 0 Å². The molecule has 0 saturated carbocycles. The fourth-order valence-corrected chi connectivity index (χ4v) is 3.31. The smallest absolute Gasteiger partial charge is 0.131 e. The van der Waals surface area contributed by atoms with E-state index in [0.29, 0.717) is 5.75 Å². The molecular formula is C19H16O3S. The molecule has 1 atom stereocenters. The quantitative estimate of drug-likeness (QED) is 0.705. The summed E-state index contributed by atoms with van der Waals surface area (Å²) in [5.74, 6) is 0.415. The minimum Gasteiger partial charge on any atom is -0.508 e. The number of aromatic hydroxyl groups is 1. The summed E-state index contributed by atoms with van der Waals surface area (Å²) in [7, 11) is 1.60. The second-order valence-electron chi connectivity index (χ2n) is 5.14. The molecule has 0 aliphatic rings. The van der Waals surface area contributed by atoms with Gasteiger partial charge in [0.15, 0.2) is 0 Å². The van der Waals surface area contributed by atoms with Gasteiger partial charge in [-0.2, -0.15) is 0 Å². The monoisotopic (exact) mass is 324 g/mol. The van der Waals surface area contributed by atoms with E-state index in [-0.39, 0.29) is 5.75 Å². The van der Waals surface area contributed by atoms with E-state index in [0.717, 1.165) is 27.9 Å². The third kappa shape index (κ3) is 3.12. The molecule has 23 heavy (non-hydrogen) atoms. The summed E-state index contributed by atoms with van der Waals surface area (Å²) in [4.78, 5) is 12.9. The summed E-state index contributed by atoms with van der Waals surface area (Å²) >= 11 is 1.65. The van der Waals surface area contributed by atoms with Crippen molar-refractivity contribution < 1.29 is 14.6 Å². The average Bonchev–Trinajstić information content (AvgIpc) is 3.12. The Bertz CT molecular complexity index is 792. The van der Waals surface area contributed by atoms with Crippen LogP contribution in [0.4, 0.5) is 0 Å². The number of rotatable bonds is 5. The van der Waals surface area contributed by atoms with Crippen LogP contribution >= 0.6 is 11.3 Å². The van der Waals surface area contributed by atoms with E-state index in [9.17, 15) is 9.90 Å². The molecule has 1 aromatic heterocycles. The molecule has 0 saturated heterocycles. The molecule has 0 aliphatic carbocycles. The van der Waals surface area contributed by atoms with Gasteiger partial charge in [0.25, 0.3) is 0 Å². The third-order valence-corrected chi connectivity index (χ3v) is 4.68. The number of ether oxygens (including phenoxy) is 1. The summed E-state index contributed by atoms with van der Waals surface area (Å²) in [6.45, 7) is 0. The van der Waals surface area contributed by atoms with Gasteiger partial charge in [-0.25, -0.2) is 0 Å². The van der Waals surface area contributed by atoms with E-state index in [1.165, 1.54) is 0 Å². The highest BCUT2D eigenvalue weighted by Crippen LogP contribution is 2.35. The maximum absolute atomic E-state index is 11.7. The maximum Gasteiger partial charge on any atom is 0.131 e. The standard InChI is InChI=1S/C19H16O3S/c1-22-18-9-6-14(19-3-2-10-23-19)11-16(18)17(12-20)13-4-7-15(21)8-5-13/h2-12,17,21H,1H3. The highest BCUT2D eigenvalue weighted by atomic mass is 32.1. The highest BCUT2D eigenvalue weighted by Gasteiger charge is 2.19. The zero-order valence-corrected chi connectivity index (χ0v) is 13.4. The molecule has 116 valence electrons. The van der Waals surface area contributed by atoms with E-state index in [1.54, 1.807) is 42.7 Å². The molecule has 0 spiro atoms. The summed E-state index contributed by atoms with van der Waals surface area (Å²) in [5, 5.41) is 11.5. The third-order valence-electron chi connectivity index (χ3n) is 3.76. The van der Waals surface area contributed by atoms with E-state index in [1.807, 2.05) is 35.7 Å². The highest BCUT2D eigenvalue weighted by molar-refractivity contribution is 7.13. The van der Waals surface area contributed by atoms with E-state index < -0.39 is 5.92 Å². The number of hydrogen-bond donors (Lipinski definition) is 1. The van der Waals surface area contributed by atoms with Crippen LogP contribution in [-0.4, -0.2) is 18.5 Å². The molecule has 0 aliphatic heterocycles. The Morgan fingerprint density at radius 2 is 1.91 bits per heavy atom. The van der Waals surface area contributed by atoms with Crippen LogP contribution in [0.5, 0.6) is 11.5 Å². The molecule has 0 fully saturated rings. The van der Waals surface area contributed by atoms with E-state index in [2.05, 4.69) is 0 Å². The Kier molecular flexibility index (Phi) is 4.44. The maximum atomic E-state index is 11.7. The van der Waals surface area contributed by atoms with Crippen molar-refractivity contribution in [2.24, 2.45) is 0 Å². The van der Waals surface area contributed by atoms with Crippen LogP contribution in [0.3, 0.4) is 0 Å². The molecule has 1 unspecified atom stereocenters. The molecular weight excluding hydrogens is 308 g/mol. The molecule has 3 rings (SSSR count). The molecule has 0 amide bonds. The van der Waals surface area contributed by atoms with Gasteiger partial charge in [-0.15, -0.1) is 11.3 Å². The number of methoxy groups -OCH3 is 1. The Morgan fingerprint density at radius 1 is 1.13 bits per heavy atom. The van der Waals surface area contributed by atoms with Gasteiger partial charge in [-0.1, -0.05) is 18.2 Å². The molecule has 4 heteroatoms. The number of carbonyl (C=O) groups is 1. The van der Waals surface area contributed by atoms with Crippen molar-refractivity contribution in [3.05, 3.63) is 71.1 Å². The molecule has 3 nitrogen and oxygen atoms in total. The van der Waals surface area contributed by atoms with Crippen molar-refractivity contribution in [3.8, 4) is 21.9 Å². The van der Waals surface area contributed by atoms with Gasteiger partial charge in [0.05, 0.1) is 13.0 Å². The van der Waals surface area contributed by atoms with Gasteiger partial charge in [-0.3, -0.25) is 0 Å². The Morgan fingerprint density at radius 3 is 2.52 bits per heavy atom. The second-order valence-corrected chi connectivity index (χ2v) is 6.09. The van der Waals surface area contributed by atoms with Crippen molar-refractivity contribution in [3.63, 3.8) is 0 Å². The Labute approximate surface area is 138 Å². The predicted octanol–water partition coefficient (Wildman–Crippen LogP) is 4.46. The number of phenolic OH excluding ortho intramolecular Hbond substituents is 1. The minimum atomic E-state index is -0.439. The lowest BCUT2D eigenvalue weighted by molar-refractivity contribution is -0.108. The first-order valence-electron chi connectivity index (χ1n) is 7.19. The SMILES string of the molecule is COc1ccc(-c2cccs2)cc1C(C=O)c1ccc(O)cc1. The van der Waals surface area contributed by atoms with Crippen molar-refractivity contribution in [1.82, 2.24) is 0 Å². The lowest BCUT2D eigenvalue weighted by atomic mass is 9.90. The van der Waals surface area contributed by atoms with Crippen molar-refractivity contribution >= 4 is 17.6 Å². The summed E-state index contributed by atoms with van der Waals surface area (Å²) < 4.78 is 5.44. The van der Waals surface area contributed by atoms with Crippen LogP contribution in [0.25, 0.3) is 10.4 Å². The van der Waals surface area contributed by atoms with Gasteiger partial charge in [0, 0.05) is 10.4 Å². The van der Waals surface area contributed by atoms with Crippen LogP contribution in [0.2, 0.25) is 0 Å². The lowest BCUT2D eigenvalue weighted by Crippen LogP contribution is -2.05. The van der Waals surface area contributed by atoms with Gasteiger partial charge in [0.1, 0.15) is 17.8 Å². The summed E-state index contributed by atoms with van der Waals surface area (Å²) in [6.07, 6.45) is 0.905. The number of benzene rings is 2. The second kappa shape index (κ2) is 6.67. The number of phenols is 1. The van der Waals surface area contributed by atoms with Gasteiger partial charge in [0.2, 0.25) is 0 Å². The number of aldehydes is 1. The predicted molar refractivity (Wildman–Crippen MR) is 92.3 cm³/mol. The van der Waals surface area contributed by atoms with Crippen molar-refractivity contribution in [2.75, 3.05) is 7.11 Å². The molecule has 1 N–H and O–H groups in total. The minimum absolute atomic E-state index is 0.178. The normalized spacial score (nSPS) is 11.9. The largest absolute Gasteiger partial charge is 0.508 e. The number of thiophene rings is 1. The Balaban J connectivity index is 2.09. The lowest BCUT2D eigenvalue weighted by Gasteiger charge is -2.16. The van der Waals surface area contributed by atoms with Crippen LogP contribution in [-0.2, 0) is 4.79 Å². The fraction of sp³-hybridized carbons (Fsp3) is 0.105. The van der Waals surface area contributed by atoms with Crippen molar-refractivity contribution in [2.45, 2.75) is 5.92 Å². The molecule has 0 radical (unpaired) electrons. The van der Waals surface area contributed by atoms with Crippen molar-refractivity contribution in [1.29, 1.82) is 0 Å². The topological polar surface area (TPSA) is 46.5 Å². The van der Waals surface area contributed by atoms with Crippen LogP contribution in [0.15, 0.2) is 60.0 Å². The molecule has 1 heterocycles. The number of hydrogen-bond acceptors (Lipinski definition) is 4. The zero-order chi connectivity index (χ0) is 16.2. The first-order chi connectivity index (χ1) is 11.2. The zero-order valence-electron chi connectivity index (χ0n) is 12.6. The number of carbonyl (C=O) groups excluding carboxylic acids is 1. The summed E-state index contributed by atoms with van der Waals surface area (Å²) in [5.41, 5.74) is 2.69. The first-order valence-corrected chi connectivity index (χ1v) is 8.07. The fourth-order valence-electron chi connectivity index (χ4n) is 2.59.